The molecule has 2 rings (SSSR count). The van der Waals surface area contributed by atoms with Gasteiger partial charge in [0.25, 0.3) is 11.8 Å². The molecule has 11 heteroatoms. The summed E-state index contributed by atoms with van der Waals surface area (Å²) < 4.78 is 33.7. The molecule has 34 heavy (non-hydrogen) atoms. The van der Waals surface area contributed by atoms with Gasteiger partial charge in [0.15, 0.2) is 6.61 Å². The molecule has 0 saturated heterocycles. The van der Waals surface area contributed by atoms with Crippen LogP contribution >= 0.6 is 0 Å². The van der Waals surface area contributed by atoms with Crippen LogP contribution in [0.25, 0.3) is 0 Å². The van der Waals surface area contributed by atoms with Gasteiger partial charge in [0.05, 0.1) is 11.5 Å². The Kier molecular flexibility index (Phi) is 9.16. The van der Waals surface area contributed by atoms with E-state index in [1.54, 1.807) is 45.0 Å². The number of primary sulfonamides is 1. The molecule has 184 valence electrons. The maximum atomic E-state index is 12.6. The lowest BCUT2D eigenvalue weighted by Gasteiger charge is -2.21. The van der Waals surface area contributed by atoms with Gasteiger partial charge in [-0.2, -0.15) is 0 Å². The minimum atomic E-state index is -3.96. The highest BCUT2D eigenvalue weighted by Crippen LogP contribution is 2.19. The van der Waals surface area contributed by atoms with E-state index in [-0.39, 0.29) is 16.5 Å². The van der Waals surface area contributed by atoms with Gasteiger partial charge in [-0.1, -0.05) is 19.9 Å². The van der Waals surface area contributed by atoms with E-state index in [9.17, 15) is 22.8 Å². The Morgan fingerprint density at radius 1 is 1.06 bits per heavy atom. The smallest absolute Gasteiger partial charge is 0.329 e. The number of anilines is 1. The van der Waals surface area contributed by atoms with Crippen molar-refractivity contribution < 1.29 is 32.3 Å². The number of nitrogens with one attached hydrogen (secondary N) is 2. The molecule has 0 bridgehead atoms. The Balaban J connectivity index is 1.98. The number of aryl methyl sites for hydroxylation is 1. The molecule has 0 aliphatic heterocycles. The van der Waals surface area contributed by atoms with Crippen molar-refractivity contribution in [1.29, 1.82) is 0 Å². The van der Waals surface area contributed by atoms with Gasteiger partial charge in [0.1, 0.15) is 11.8 Å². The molecule has 0 aliphatic carbocycles. The predicted octanol–water partition coefficient (Wildman–Crippen LogP) is 1.98. The van der Waals surface area contributed by atoms with Crippen LogP contribution in [0, 0.1) is 12.8 Å². The number of nitrogens with two attached hydrogens (primary N) is 1. The van der Waals surface area contributed by atoms with E-state index in [1.165, 1.54) is 18.2 Å². The largest absolute Gasteiger partial charge is 0.494 e. The molecule has 2 aromatic rings. The van der Waals surface area contributed by atoms with E-state index in [4.69, 9.17) is 14.6 Å². The Labute approximate surface area is 198 Å². The van der Waals surface area contributed by atoms with E-state index in [0.29, 0.717) is 23.5 Å². The highest BCUT2D eigenvalue weighted by atomic mass is 32.2. The third-order valence-electron chi connectivity index (χ3n) is 4.76. The minimum absolute atomic E-state index is 0.126. The second kappa shape index (κ2) is 11.6. The summed E-state index contributed by atoms with van der Waals surface area (Å²) in [5.74, 6) is -1.62. The normalized spacial score (nSPS) is 12.1. The lowest BCUT2D eigenvalue weighted by molar-refractivity contribution is -0.150. The molecule has 2 amide bonds. The molecular formula is C23H29N3O7S. The topological polar surface area (TPSA) is 154 Å². The van der Waals surface area contributed by atoms with Gasteiger partial charge < -0.3 is 20.1 Å². The third-order valence-corrected chi connectivity index (χ3v) is 5.81. The van der Waals surface area contributed by atoms with Gasteiger partial charge in [-0.15, -0.1) is 0 Å². The molecule has 10 nitrogen and oxygen atoms in total. The summed E-state index contributed by atoms with van der Waals surface area (Å²) in [6.45, 7) is 6.75. The first-order chi connectivity index (χ1) is 15.9. The summed E-state index contributed by atoms with van der Waals surface area (Å²) >= 11 is 0. The van der Waals surface area contributed by atoms with Crippen molar-refractivity contribution in [3.63, 3.8) is 0 Å². The molecular weight excluding hydrogens is 462 g/mol. The summed E-state index contributed by atoms with van der Waals surface area (Å²) in [5, 5.41) is 10.2. The zero-order valence-electron chi connectivity index (χ0n) is 19.5. The molecule has 0 fully saturated rings. The van der Waals surface area contributed by atoms with E-state index in [1.807, 2.05) is 6.92 Å². The zero-order chi connectivity index (χ0) is 25.5. The van der Waals surface area contributed by atoms with Crippen LogP contribution in [0.5, 0.6) is 5.75 Å². The molecule has 0 aliphatic rings. The lowest BCUT2D eigenvalue weighted by Crippen LogP contribution is -2.45. The molecule has 0 saturated carbocycles. The Hall–Kier alpha value is -3.44. The first kappa shape index (κ1) is 26.8. The lowest BCUT2D eigenvalue weighted by atomic mass is 10.0. The van der Waals surface area contributed by atoms with Crippen molar-refractivity contribution in [2.24, 2.45) is 11.1 Å². The average molecular weight is 492 g/mol. The molecule has 0 heterocycles. The van der Waals surface area contributed by atoms with Crippen LogP contribution in [0.3, 0.4) is 0 Å². The van der Waals surface area contributed by atoms with Crippen molar-refractivity contribution in [3.05, 3.63) is 53.6 Å². The maximum absolute atomic E-state index is 12.6. The van der Waals surface area contributed by atoms with Crippen LogP contribution in [-0.4, -0.2) is 45.5 Å². The first-order valence-corrected chi connectivity index (χ1v) is 12.1. The highest BCUT2D eigenvalue weighted by molar-refractivity contribution is 7.89. The Morgan fingerprint density at radius 2 is 1.71 bits per heavy atom. The Morgan fingerprint density at radius 3 is 2.26 bits per heavy atom. The number of amides is 2. The molecule has 2 aromatic carbocycles. The quantitative estimate of drug-likeness (QED) is 0.429. The fraction of sp³-hybridized carbons (Fsp3) is 0.348. The fourth-order valence-corrected chi connectivity index (χ4v) is 3.81. The summed E-state index contributed by atoms with van der Waals surface area (Å²) in [5.41, 5.74) is 0.944. The number of rotatable bonds is 10. The molecule has 0 spiro atoms. The minimum Gasteiger partial charge on any atom is -0.494 e. The standard InChI is InChI=1S/C23H29N3O7S/c1-5-32-18-10-7-16(8-11-18)22(28)26-21(14(2)3)23(29)33-13-20(27)25-17-9-6-15(4)19(12-17)34(24,30)31/h6-12,14,21H,5,13H2,1-4H3,(H,25,27)(H,26,28)(H2,24,30,31). The molecule has 1 atom stereocenters. The first-order valence-electron chi connectivity index (χ1n) is 10.6. The summed E-state index contributed by atoms with van der Waals surface area (Å²) in [7, 11) is -3.96. The highest BCUT2D eigenvalue weighted by Gasteiger charge is 2.27. The van der Waals surface area contributed by atoms with E-state index >= 15 is 0 Å². The van der Waals surface area contributed by atoms with Crippen LogP contribution < -0.4 is 20.5 Å². The van der Waals surface area contributed by atoms with E-state index in [2.05, 4.69) is 10.6 Å². The summed E-state index contributed by atoms with van der Waals surface area (Å²) in [4.78, 5) is 37.2. The predicted molar refractivity (Wildman–Crippen MR) is 126 cm³/mol. The van der Waals surface area contributed by atoms with E-state index < -0.39 is 40.5 Å². The second-order valence-corrected chi connectivity index (χ2v) is 9.36. The van der Waals surface area contributed by atoms with Gasteiger partial charge in [0.2, 0.25) is 10.0 Å². The average Bonchev–Trinajstić information content (AvgIpc) is 2.76. The number of carbonyl (C=O) groups excluding carboxylic acids is 3. The number of hydrogen-bond acceptors (Lipinski definition) is 7. The fourth-order valence-electron chi connectivity index (χ4n) is 3.00. The van der Waals surface area contributed by atoms with Crippen molar-refractivity contribution in [3.8, 4) is 5.75 Å². The number of hydrogen-bond donors (Lipinski definition) is 3. The maximum Gasteiger partial charge on any atom is 0.329 e. The Bertz CT molecular complexity index is 1150. The molecule has 1 unspecified atom stereocenters. The van der Waals surface area contributed by atoms with Gasteiger partial charge in [-0.05, 0) is 61.7 Å². The van der Waals surface area contributed by atoms with Crippen molar-refractivity contribution in [2.75, 3.05) is 18.5 Å². The number of carbonyl (C=O) groups is 3. The molecule has 4 N–H and O–H groups in total. The van der Waals surface area contributed by atoms with Gasteiger partial charge in [-0.3, -0.25) is 9.59 Å². The SMILES string of the molecule is CCOc1ccc(C(=O)NC(C(=O)OCC(=O)Nc2ccc(C)c(S(N)(=O)=O)c2)C(C)C)cc1. The zero-order valence-corrected chi connectivity index (χ0v) is 20.3. The van der Waals surface area contributed by atoms with Crippen molar-refractivity contribution in [1.82, 2.24) is 5.32 Å². The number of ether oxygens (including phenoxy) is 2. The van der Waals surface area contributed by atoms with Crippen LogP contribution in [0.2, 0.25) is 0 Å². The van der Waals surface area contributed by atoms with Gasteiger partial charge in [0, 0.05) is 11.3 Å². The number of esters is 1. The second-order valence-electron chi connectivity index (χ2n) is 7.83. The van der Waals surface area contributed by atoms with Crippen LogP contribution in [0.1, 0.15) is 36.7 Å². The van der Waals surface area contributed by atoms with Gasteiger partial charge in [-0.25, -0.2) is 18.4 Å². The monoisotopic (exact) mass is 491 g/mol. The third kappa shape index (κ3) is 7.56. The number of benzene rings is 2. The number of sulfonamides is 1. The van der Waals surface area contributed by atoms with Crippen LogP contribution in [0.15, 0.2) is 47.4 Å². The summed E-state index contributed by atoms with van der Waals surface area (Å²) in [6.07, 6.45) is 0. The van der Waals surface area contributed by atoms with Crippen molar-refractivity contribution >= 4 is 33.5 Å². The van der Waals surface area contributed by atoms with Gasteiger partial charge >= 0.3 is 5.97 Å². The van der Waals surface area contributed by atoms with Crippen LogP contribution in [-0.2, 0) is 24.3 Å². The van der Waals surface area contributed by atoms with Crippen molar-refractivity contribution in [2.45, 2.75) is 38.6 Å². The van der Waals surface area contributed by atoms with Crippen LogP contribution in [0.4, 0.5) is 5.69 Å². The molecule has 0 aromatic heterocycles. The molecule has 0 radical (unpaired) electrons. The van der Waals surface area contributed by atoms with E-state index in [0.717, 1.165) is 0 Å². The summed E-state index contributed by atoms with van der Waals surface area (Å²) in [6, 6.07) is 9.68.